The molecule has 2 heterocycles. The maximum Gasteiger partial charge on any atom is 0.412 e. The molecule has 0 bridgehead atoms. The van der Waals surface area contributed by atoms with Crippen LogP contribution in [0, 0.1) is 0 Å². The van der Waals surface area contributed by atoms with Crippen molar-refractivity contribution in [3.05, 3.63) is 30.1 Å². The van der Waals surface area contributed by atoms with Gasteiger partial charge in [-0.25, -0.2) is 4.79 Å². The first kappa shape index (κ1) is 12.8. The molecule has 5 nitrogen and oxygen atoms in total. The number of pyridine rings is 1. The Kier molecular flexibility index (Phi) is 3.52. The number of ether oxygens (including phenoxy) is 2. The SMILES string of the molecule is CC(C)(C)OC(=O)N1COC[C@H]1c1ccccn1. The quantitative estimate of drug-likeness (QED) is 0.767. The molecule has 5 heteroatoms. The number of rotatable bonds is 1. The number of nitrogens with zero attached hydrogens (tertiary/aromatic N) is 2. The summed E-state index contributed by atoms with van der Waals surface area (Å²) in [4.78, 5) is 17.9. The third-order valence-corrected chi connectivity index (χ3v) is 2.54. The van der Waals surface area contributed by atoms with Crippen molar-refractivity contribution < 1.29 is 14.3 Å². The van der Waals surface area contributed by atoms with Crippen LogP contribution < -0.4 is 0 Å². The molecule has 1 aromatic rings. The number of amides is 1. The van der Waals surface area contributed by atoms with Gasteiger partial charge in [0.25, 0.3) is 0 Å². The van der Waals surface area contributed by atoms with E-state index in [1.54, 1.807) is 11.1 Å². The van der Waals surface area contributed by atoms with Crippen LogP contribution in [0.25, 0.3) is 0 Å². The molecular formula is C13H18N2O3. The van der Waals surface area contributed by atoms with E-state index in [1.165, 1.54) is 0 Å². The van der Waals surface area contributed by atoms with Crippen LogP contribution in [0.5, 0.6) is 0 Å². The van der Waals surface area contributed by atoms with Gasteiger partial charge in [0, 0.05) is 6.20 Å². The molecule has 2 rings (SSSR count). The molecular weight excluding hydrogens is 232 g/mol. The van der Waals surface area contributed by atoms with Gasteiger partial charge in [-0.15, -0.1) is 0 Å². The highest BCUT2D eigenvalue weighted by Crippen LogP contribution is 2.26. The number of hydrogen-bond donors (Lipinski definition) is 0. The Bertz CT molecular complexity index is 414. The minimum Gasteiger partial charge on any atom is -0.444 e. The van der Waals surface area contributed by atoms with Crippen molar-refractivity contribution in [2.75, 3.05) is 13.3 Å². The molecule has 0 N–H and O–H groups in total. The van der Waals surface area contributed by atoms with Crippen LogP contribution in [-0.4, -0.2) is 34.9 Å². The predicted octanol–water partition coefficient (Wildman–Crippen LogP) is 2.35. The number of hydrogen-bond acceptors (Lipinski definition) is 4. The van der Waals surface area contributed by atoms with Crippen molar-refractivity contribution >= 4 is 6.09 Å². The summed E-state index contributed by atoms with van der Waals surface area (Å²) in [7, 11) is 0. The third-order valence-electron chi connectivity index (χ3n) is 2.54. The summed E-state index contributed by atoms with van der Waals surface area (Å²) in [5.74, 6) is 0. The molecule has 1 aliphatic rings. The summed E-state index contributed by atoms with van der Waals surface area (Å²) in [6.07, 6.45) is 1.34. The van der Waals surface area contributed by atoms with Crippen molar-refractivity contribution in [2.45, 2.75) is 32.4 Å². The van der Waals surface area contributed by atoms with E-state index in [0.29, 0.717) is 6.61 Å². The molecule has 1 aliphatic heterocycles. The predicted molar refractivity (Wildman–Crippen MR) is 65.9 cm³/mol. The van der Waals surface area contributed by atoms with Crippen LogP contribution in [0.4, 0.5) is 4.79 Å². The molecule has 98 valence electrons. The zero-order valence-electron chi connectivity index (χ0n) is 10.9. The molecule has 0 aliphatic carbocycles. The molecule has 0 radical (unpaired) electrons. The third kappa shape index (κ3) is 2.98. The van der Waals surface area contributed by atoms with E-state index in [1.807, 2.05) is 39.0 Å². The minimum absolute atomic E-state index is 0.166. The molecule has 1 fully saturated rings. The van der Waals surface area contributed by atoms with Gasteiger partial charge in [0.1, 0.15) is 18.4 Å². The molecule has 1 saturated heterocycles. The van der Waals surface area contributed by atoms with Crippen LogP contribution in [0.3, 0.4) is 0 Å². The van der Waals surface area contributed by atoms with Gasteiger partial charge in [-0.05, 0) is 32.9 Å². The van der Waals surface area contributed by atoms with Gasteiger partial charge < -0.3 is 9.47 Å². The van der Waals surface area contributed by atoms with Gasteiger partial charge in [0.2, 0.25) is 0 Å². The minimum atomic E-state index is -0.506. The molecule has 0 unspecified atom stereocenters. The van der Waals surface area contributed by atoms with Crippen molar-refractivity contribution in [3.8, 4) is 0 Å². The van der Waals surface area contributed by atoms with Crippen LogP contribution in [0.1, 0.15) is 32.5 Å². The van der Waals surface area contributed by atoms with E-state index >= 15 is 0 Å². The second-order valence-electron chi connectivity index (χ2n) is 5.22. The molecule has 1 amide bonds. The van der Waals surface area contributed by atoms with Crippen LogP contribution in [0.15, 0.2) is 24.4 Å². The highest BCUT2D eigenvalue weighted by atomic mass is 16.6. The lowest BCUT2D eigenvalue weighted by atomic mass is 10.2. The number of carbonyl (C=O) groups is 1. The average Bonchev–Trinajstić information content (AvgIpc) is 2.76. The summed E-state index contributed by atoms with van der Waals surface area (Å²) in [5, 5.41) is 0. The first-order chi connectivity index (χ1) is 8.47. The van der Waals surface area contributed by atoms with Crippen LogP contribution >= 0.6 is 0 Å². The molecule has 1 atom stereocenters. The molecule has 1 aromatic heterocycles. The fourth-order valence-electron chi connectivity index (χ4n) is 1.76. The topological polar surface area (TPSA) is 51.7 Å². The first-order valence-corrected chi connectivity index (χ1v) is 5.96. The second-order valence-corrected chi connectivity index (χ2v) is 5.22. The molecule has 0 saturated carbocycles. The van der Waals surface area contributed by atoms with E-state index in [-0.39, 0.29) is 18.9 Å². The standard InChI is InChI=1S/C13H18N2O3/c1-13(2,3)18-12(16)15-9-17-8-11(15)10-6-4-5-7-14-10/h4-7,11H,8-9H2,1-3H3/t11-/m0/s1. The van der Waals surface area contributed by atoms with Gasteiger partial charge in [-0.3, -0.25) is 9.88 Å². The fraction of sp³-hybridized carbons (Fsp3) is 0.538. The monoisotopic (exact) mass is 250 g/mol. The lowest BCUT2D eigenvalue weighted by Crippen LogP contribution is -2.37. The Hall–Kier alpha value is -1.62. The van der Waals surface area contributed by atoms with E-state index in [4.69, 9.17) is 9.47 Å². The van der Waals surface area contributed by atoms with Gasteiger partial charge >= 0.3 is 6.09 Å². The van der Waals surface area contributed by atoms with Crippen molar-refractivity contribution in [3.63, 3.8) is 0 Å². The number of carbonyl (C=O) groups excluding carboxylic acids is 1. The van der Waals surface area contributed by atoms with Crippen molar-refractivity contribution in [1.29, 1.82) is 0 Å². The molecule has 0 aromatic carbocycles. The molecule has 18 heavy (non-hydrogen) atoms. The maximum atomic E-state index is 12.0. The van der Waals surface area contributed by atoms with E-state index in [0.717, 1.165) is 5.69 Å². The lowest BCUT2D eigenvalue weighted by Gasteiger charge is -2.26. The Labute approximate surface area is 107 Å². The summed E-state index contributed by atoms with van der Waals surface area (Å²) in [5.41, 5.74) is 0.315. The Morgan fingerprint density at radius 2 is 2.28 bits per heavy atom. The van der Waals surface area contributed by atoms with Crippen molar-refractivity contribution in [2.24, 2.45) is 0 Å². The Morgan fingerprint density at radius 1 is 1.50 bits per heavy atom. The van der Waals surface area contributed by atoms with Gasteiger partial charge in [0.05, 0.1) is 12.3 Å². The summed E-state index contributed by atoms with van der Waals surface area (Å²) in [6.45, 7) is 6.24. The largest absolute Gasteiger partial charge is 0.444 e. The highest BCUT2D eigenvalue weighted by Gasteiger charge is 2.34. The fourth-order valence-corrected chi connectivity index (χ4v) is 1.76. The Balaban J connectivity index is 2.11. The number of aromatic nitrogens is 1. The van der Waals surface area contributed by atoms with Crippen molar-refractivity contribution in [1.82, 2.24) is 9.88 Å². The summed E-state index contributed by atoms with van der Waals surface area (Å²) < 4.78 is 10.7. The summed E-state index contributed by atoms with van der Waals surface area (Å²) >= 11 is 0. The zero-order valence-corrected chi connectivity index (χ0v) is 10.9. The van der Waals surface area contributed by atoms with Crippen LogP contribution in [-0.2, 0) is 9.47 Å². The lowest BCUT2D eigenvalue weighted by molar-refractivity contribution is 0.0155. The maximum absolute atomic E-state index is 12.0. The average molecular weight is 250 g/mol. The second kappa shape index (κ2) is 4.94. The van der Waals surface area contributed by atoms with E-state index < -0.39 is 5.60 Å². The first-order valence-electron chi connectivity index (χ1n) is 5.96. The van der Waals surface area contributed by atoms with Gasteiger partial charge in [-0.1, -0.05) is 6.07 Å². The Morgan fingerprint density at radius 3 is 2.89 bits per heavy atom. The summed E-state index contributed by atoms with van der Waals surface area (Å²) in [6, 6.07) is 5.46. The molecule has 0 spiro atoms. The van der Waals surface area contributed by atoms with E-state index in [2.05, 4.69) is 4.98 Å². The normalized spacial score (nSPS) is 19.9. The zero-order chi connectivity index (χ0) is 13.2. The van der Waals surface area contributed by atoms with Gasteiger partial charge in [0.15, 0.2) is 0 Å². The smallest absolute Gasteiger partial charge is 0.412 e. The highest BCUT2D eigenvalue weighted by molar-refractivity contribution is 5.69. The van der Waals surface area contributed by atoms with E-state index in [9.17, 15) is 4.79 Å². The van der Waals surface area contributed by atoms with Crippen LogP contribution in [0.2, 0.25) is 0 Å². The van der Waals surface area contributed by atoms with Gasteiger partial charge in [-0.2, -0.15) is 0 Å².